The van der Waals surface area contributed by atoms with Gasteiger partial charge in [0.15, 0.2) is 6.29 Å². The minimum atomic E-state index is -0.347. The van der Waals surface area contributed by atoms with Gasteiger partial charge in [-0.3, -0.25) is 4.79 Å². The maximum atomic E-state index is 13.0. The molecule has 0 heterocycles. The molecule has 3 nitrogen and oxygen atoms in total. The van der Waals surface area contributed by atoms with Gasteiger partial charge in [0.25, 0.3) is 0 Å². The predicted octanol–water partition coefficient (Wildman–Crippen LogP) is 1.72. The van der Waals surface area contributed by atoms with Gasteiger partial charge in [-0.05, 0) is 18.2 Å². The Morgan fingerprint density at radius 3 is 2.87 bits per heavy atom. The van der Waals surface area contributed by atoms with Crippen LogP contribution < -0.4 is 4.90 Å². The molecule has 0 amide bonds. The van der Waals surface area contributed by atoms with Gasteiger partial charge in [-0.2, -0.15) is 0 Å². The summed E-state index contributed by atoms with van der Waals surface area (Å²) in [4.78, 5) is 12.5. The van der Waals surface area contributed by atoms with E-state index in [9.17, 15) is 9.18 Å². The summed E-state index contributed by atoms with van der Waals surface area (Å²) in [7, 11) is 3.39. The molecule has 4 heteroatoms. The Kier molecular flexibility index (Phi) is 4.24. The summed E-state index contributed by atoms with van der Waals surface area (Å²) in [5, 5.41) is 0. The standard InChI is InChI=1S/C11H14FNO2/c1-13(5-6-15-2)11-7-10(12)4-3-9(11)8-14/h3-4,7-8H,5-6H2,1-2H3. The Balaban J connectivity index is 2.89. The van der Waals surface area contributed by atoms with Crippen LogP contribution in [0.15, 0.2) is 18.2 Å². The highest BCUT2D eigenvalue weighted by Gasteiger charge is 2.07. The van der Waals surface area contributed by atoms with Gasteiger partial charge in [0.2, 0.25) is 0 Å². The summed E-state index contributed by atoms with van der Waals surface area (Å²) < 4.78 is 17.9. The molecule has 0 atom stereocenters. The van der Waals surface area contributed by atoms with E-state index in [2.05, 4.69) is 0 Å². The Hall–Kier alpha value is -1.42. The van der Waals surface area contributed by atoms with Gasteiger partial charge in [-0.25, -0.2) is 4.39 Å². The van der Waals surface area contributed by atoms with Crippen molar-refractivity contribution < 1.29 is 13.9 Å². The number of aldehydes is 1. The van der Waals surface area contributed by atoms with Crippen LogP contribution in [0.3, 0.4) is 0 Å². The molecule has 15 heavy (non-hydrogen) atoms. The lowest BCUT2D eigenvalue weighted by Crippen LogP contribution is -2.23. The fourth-order valence-electron chi connectivity index (χ4n) is 1.30. The molecule has 0 aliphatic heterocycles. The number of hydrogen-bond acceptors (Lipinski definition) is 3. The molecule has 0 aliphatic rings. The molecule has 0 aromatic heterocycles. The second-order valence-corrected chi connectivity index (χ2v) is 3.24. The first kappa shape index (κ1) is 11.7. The molecule has 0 N–H and O–H groups in total. The van der Waals surface area contributed by atoms with Crippen molar-refractivity contribution in [2.75, 3.05) is 32.2 Å². The molecule has 1 rings (SSSR count). The predicted molar refractivity (Wildman–Crippen MR) is 56.9 cm³/mol. The van der Waals surface area contributed by atoms with Crippen LogP contribution in [-0.2, 0) is 4.74 Å². The quantitative estimate of drug-likeness (QED) is 0.694. The Labute approximate surface area is 88.5 Å². The van der Waals surface area contributed by atoms with E-state index in [1.165, 1.54) is 18.2 Å². The first-order valence-electron chi connectivity index (χ1n) is 4.64. The van der Waals surface area contributed by atoms with Crippen molar-refractivity contribution in [2.24, 2.45) is 0 Å². The van der Waals surface area contributed by atoms with E-state index in [0.717, 1.165) is 6.29 Å². The minimum Gasteiger partial charge on any atom is -0.383 e. The van der Waals surface area contributed by atoms with Gasteiger partial charge in [-0.15, -0.1) is 0 Å². The number of hydrogen-bond donors (Lipinski definition) is 0. The summed E-state index contributed by atoms with van der Waals surface area (Å²) in [6, 6.07) is 4.09. The summed E-state index contributed by atoms with van der Waals surface area (Å²) in [5.74, 6) is -0.347. The molecule has 0 radical (unpaired) electrons. The lowest BCUT2D eigenvalue weighted by atomic mass is 10.2. The number of rotatable bonds is 5. The molecule has 0 bridgehead atoms. The van der Waals surface area contributed by atoms with E-state index < -0.39 is 0 Å². The average Bonchev–Trinajstić information content (AvgIpc) is 2.25. The normalized spacial score (nSPS) is 10.1. The van der Waals surface area contributed by atoms with Crippen molar-refractivity contribution in [3.05, 3.63) is 29.6 Å². The minimum absolute atomic E-state index is 0.347. The third-order valence-electron chi connectivity index (χ3n) is 2.16. The average molecular weight is 211 g/mol. The molecule has 82 valence electrons. The van der Waals surface area contributed by atoms with Crippen molar-refractivity contribution in [2.45, 2.75) is 0 Å². The summed E-state index contributed by atoms with van der Waals surface area (Å²) in [6.07, 6.45) is 0.720. The molecule has 1 aromatic rings. The fourth-order valence-corrected chi connectivity index (χ4v) is 1.30. The van der Waals surface area contributed by atoms with Crippen LogP contribution in [-0.4, -0.2) is 33.6 Å². The number of ether oxygens (including phenoxy) is 1. The molecular weight excluding hydrogens is 197 g/mol. The number of nitrogens with zero attached hydrogens (tertiary/aromatic N) is 1. The van der Waals surface area contributed by atoms with Crippen molar-refractivity contribution in [1.29, 1.82) is 0 Å². The fraction of sp³-hybridized carbons (Fsp3) is 0.364. The number of halogens is 1. The summed E-state index contributed by atoms with van der Waals surface area (Å²) >= 11 is 0. The van der Waals surface area contributed by atoms with Crippen LogP contribution in [0.5, 0.6) is 0 Å². The highest BCUT2D eigenvalue weighted by atomic mass is 19.1. The zero-order chi connectivity index (χ0) is 11.3. The van der Waals surface area contributed by atoms with Crippen LogP contribution in [0.25, 0.3) is 0 Å². The lowest BCUT2D eigenvalue weighted by molar-refractivity contribution is 0.112. The van der Waals surface area contributed by atoms with E-state index in [-0.39, 0.29) is 5.82 Å². The molecule has 0 fully saturated rings. The monoisotopic (exact) mass is 211 g/mol. The zero-order valence-electron chi connectivity index (χ0n) is 8.87. The number of carbonyl (C=O) groups is 1. The SMILES string of the molecule is COCCN(C)c1cc(F)ccc1C=O. The van der Waals surface area contributed by atoms with Gasteiger partial charge in [0, 0.05) is 32.0 Å². The topological polar surface area (TPSA) is 29.5 Å². The Morgan fingerprint density at radius 1 is 1.53 bits per heavy atom. The van der Waals surface area contributed by atoms with Crippen LogP contribution in [0.4, 0.5) is 10.1 Å². The van der Waals surface area contributed by atoms with Crippen molar-refractivity contribution in [3.8, 4) is 0 Å². The van der Waals surface area contributed by atoms with E-state index in [1.54, 1.807) is 19.1 Å². The lowest BCUT2D eigenvalue weighted by Gasteiger charge is -2.20. The highest BCUT2D eigenvalue weighted by Crippen LogP contribution is 2.18. The highest BCUT2D eigenvalue weighted by molar-refractivity contribution is 5.84. The van der Waals surface area contributed by atoms with Gasteiger partial charge in [0.05, 0.1) is 6.61 Å². The maximum absolute atomic E-state index is 13.0. The van der Waals surface area contributed by atoms with Crippen LogP contribution in [0, 0.1) is 5.82 Å². The van der Waals surface area contributed by atoms with Crippen molar-refractivity contribution >= 4 is 12.0 Å². The third-order valence-corrected chi connectivity index (χ3v) is 2.16. The Morgan fingerprint density at radius 2 is 2.27 bits per heavy atom. The van der Waals surface area contributed by atoms with Crippen LogP contribution >= 0.6 is 0 Å². The second kappa shape index (κ2) is 5.46. The molecule has 0 spiro atoms. The number of anilines is 1. The number of likely N-dealkylation sites (N-methyl/N-ethyl adjacent to an activating group) is 1. The zero-order valence-corrected chi connectivity index (χ0v) is 8.87. The second-order valence-electron chi connectivity index (χ2n) is 3.24. The molecular formula is C11H14FNO2. The molecule has 1 aromatic carbocycles. The van der Waals surface area contributed by atoms with Gasteiger partial charge >= 0.3 is 0 Å². The van der Waals surface area contributed by atoms with Crippen LogP contribution in [0.1, 0.15) is 10.4 Å². The summed E-state index contributed by atoms with van der Waals surface area (Å²) in [6.45, 7) is 1.14. The molecule has 0 saturated carbocycles. The van der Waals surface area contributed by atoms with Crippen molar-refractivity contribution in [3.63, 3.8) is 0 Å². The van der Waals surface area contributed by atoms with Crippen molar-refractivity contribution in [1.82, 2.24) is 0 Å². The number of benzene rings is 1. The maximum Gasteiger partial charge on any atom is 0.152 e. The summed E-state index contributed by atoms with van der Waals surface area (Å²) in [5.41, 5.74) is 1.07. The smallest absolute Gasteiger partial charge is 0.152 e. The van der Waals surface area contributed by atoms with E-state index in [4.69, 9.17) is 4.74 Å². The third kappa shape index (κ3) is 3.02. The van der Waals surface area contributed by atoms with E-state index in [1.807, 2.05) is 0 Å². The number of methoxy groups -OCH3 is 1. The number of carbonyl (C=O) groups excluding carboxylic acids is 1. The molecule has 0 aliphatic carbocycles. The molecule has 0 saturated heterocycles. The molecule has 0 unspecified atom stereocenters. The van der Waals surface area contributed by atoms with Gasteiger partial charge in [0.1, 0.15) is 5.82 Å². The van der Waals surface area contributed by atoms with E-state index in [0.29, 0.717) is 24.4 Å². The Bertz CT molecular complexity index is 341. The van der Waals surface area contributed by atoms with Gasteiger partial charge < -0.3 is 9.64 Å². The van der Waals surface area contributed by atoms with Gasteiger partial charge in [-0.1, -0.05) is 0 Å². The first-order valence-corrected chi connectivity index (χ1v) is 4.64. The first-order chi connectivity index (χ1) is 7.19. The van der Waals surface area contributed by atoms with Crippen LogP contribution in [0.2, 0.25) is 0 Å². The van der Waals surface area contributed by atoms with E-state index >= 15 is 0 Å². The largest absolute Gasteiger partial charge is 0.383 e.